The van der Waals surface area contributed by atoms with Crippen LogP contribution in [0, 0.1) is 0 Å². The highest BCUT2D eigenvalue weighted by molar-refractivity contribution is 5.93. The molecule has 1 fully saturated rings. The minimum Gasteiger partial charge on any atom is -0.373 e. The molecule has 6 nitrogen and oxygen atoms in total. The largest absolute Gasteiger partial charge is 0.418 e. The number of halogens is 3. The summed E-state index contributed by atoms with van der Waals surface area (Å²) in [5.41, 5.74) is 2.09. The fourth-order valence-electron chi connectivity index (χ4n) is 4.93. The van der Waals surface area contributed by atoms with Crippen molar-refractivity contribution in [3.63, 3.8) is 0 Å². The van der Waals surface area contributed by atoms with Crippen LogP contribution in [-0.4, -0.2) is 45.1 Å². The van der Waals surface area contributed by atoms with Gasteiger partial charge in [-0.3, -0.25) is 9.88 Å². The number of nitrogens with zero attached hydrogens (tertiary/aromatic N) is 4. The van der Waals surface area contributed by atoms with E-state index < -0.39 is 11.7 Å². The average Bonchev–Trinajstić information content (AvgIpc) is 2.88. The lowest BCUT2D eigenvalue weighted by atomic mass is 10.0. The van der Waals surface area contributed by atoms with Crippen molar-refractivity contribution in [1.82, 2.24) is 19.9 Å². The number of nitrogens with one attached hydrogen (secondary N) is 1. The number of pyridine rings is 1. The Balaban J connectivity index is 1.57. The topological polar surface area (TPSA) is 63.2 Å². The van der Waals surface area contributed by atoms with E-state index in [0.29, 0.717) is 34.7 Å². The highest BCUT2D eigenvalue weighted by Crippen LogP contribution is 2.37. The van der Waals surface area contributed by atoms with Crippen LogP contribution in [0.15, 0.2) is 60.8 Å². The first-order chi connectivity index (χ1) is 18.2. The summed E-state index contributed by atoms with van der Waals surface area (Å²) in [6.45, 7) is 8.16. The van der Waals surface area contributed by atoms with Crippen molar-refractivity contribution in [2.24, 2.45) is 0 Å². The predicted molar refractivity (Wildman–Crippen MR) is 142 cm³/mol. The normalized spacial score (nSPS) is 18.6. The quantitative estimate of drug-likeness (QED) is 0.308. The molecule has 1 aliphatic rings. The standard InChI is InChI=1S/C29H30F3N5O/c1-4-20-7-10-22(11-8-20)34-28-23-12-9-21(27-24(29(30,31)32)6-5-13-33-27)14-25(23)35-26(36-28)17-37-15-18(2)38-19(3)16-37/h5-14,18-19H,4,15-17H2,1-3H3,(H,34,35,36). The van der Waals surface area contributed by atoms with E-state index in [1.165, 1.54) is 17.8 Å². The third-order valence-corrected chi connectivity index (χ3v) is 6.61. The van der Waals surface area contributed by atoms with Gasteiger partial charge in [0.25, 0.3) is 0 Å². The van der Waals surface area contributed by atoms with E-state index in [1.807, 2.05) is 26.0 Å². The van der Waals surface area contributed by atoms with Crippen LogP contribution in [0.25, 0.3) is 22.2 Å². The van der Waals surface area contributed by atoms with Crippen molar-refractivity contribution in [2.75, 3.05) is 18.4 Å². The maximum Gasteiger partial charge on any atom is 0.418 e. The van der Waals surface area contributed by atoms with Crippen LogP contribution in [0.1, 0.15) is 37.7 Å². The Kier molecular flexibility index (Phi) is 7.32. The van der Waals surface area contributed by atoms with E-state index in [2.05, 4.69) is 34.3 Å². The van der Waals surface area contributed by atoms with Gasteiger partial charge in [-0.1, -0.05) is 25.1 Å². The van der Waals surface area contributed by atoms with E-state index >= 15 is 0 Å². The molecule has 0 aliphatic carbocycles. The first-order valence-corrected chi connectivity index (χ1v) is 12.8. The monoisotopic (exact) mass is 521 g/mol. The predicted octanol–water partition coefficient (Wildman–Crippen LogP) is 6.63. The van der Waals surface area contributed by atoms with Gasteiger partial charge in [0.2, 0.25) is 0 Å². The van der Waals surface area contributed by atoms with Gasteiger partial charge in [0.1, 0.15) is 11.6 Å². The van der Waals surface area contributed by atoms with Gasteiger partial charge in [0.05, 0.1) is 35.5 Å². The Morgan fingerprint density at radius 1 is 1.00 bits per heavy atom. The highest BCUT2D eigenvalue weighted by atomic mass is 19.4. The van der Waals surface area contributed by atoms with Crippen molar-refractivity contribution in [3.8, 4) is 11.3 Å². The smallest absolute Gasteiger partial charge is 0.373 e. The molecule has 198 valence electrons. The summed E-state index contributed by atoms with van der Waals surface area (Å²) in [6, 6.07) is 15.5. The molecule has 2 aromatic heterocycles. The van der Waals surface area contributed by atoms with Crippen LogP contribution in [0.2, 0.25) is 0 Å². The average molecular weight is 522 g/mol. The SMILES string of the molecule is CCc1ccc(Nc2nc(CN3CC(C)OC(C)C3)nc3cc(-c4ncccc4C(F)(F)F)ccc23)cc1. The summed E-state index contributed by atoms with van der Waals surface area (Å²) in [6.07, 6.45) is -2.03. The molecular formula is C29H30F3N5O. The molecule has 0 bridgehead atoms. The van der Waals surface area contributed by atoms with Crippen LogP contribution in [-0.2, 0) is 23.9 Å². The summed E-state index contributed by atoms with van der Waals surface area (Å²) in [5, 5.41) is 4.11. The summed E-state index contributed by atoms with van der Waals surface area (Å²) in [5.74, 6) is 1.19. The lowest BCUT2D eigenvalue weighted by molar-refractivity contribution is -0.137. The maximum atomic E-state index is 13.7. The van der Waals surface area contributed by atoms with Crippen LogP contribution >= 0.6 is 0 Å². The van der Waals surface area contributed by atoms with E-state index in [9.17, 15) is 13.2 Å². The first-order valence-electron chi connectivity index (χ1n) is 12.8. The number of aromatic nitrogens is 3. The van der Waals surface area contributed by atoms with Crippen molar-refractivity contribution in [2.45, 2.75) is 52.1 Å². The first kappa shape index (κ1) is 26.1. The molecule has 2 unspecified atom stereocenters. The second kappa shape index (κ2) is 10.7. The minimum atomic E-state index is -4.52. The molecule has 0 amide bonds. The molecule has 0 radical (unpaired) electrons. The molecule has 2 atom stereocenters. The maximum absolute atomic E-state index is 13.7. The fourth-order valence-corrected chi connectivity index (χ4v) is 4.93. The number of hydrogen-bond donors (Lipinski definition) is 1. The van der Waals surface area contributed by atoms with Gasteiger partial charge in [0, 0.05) is 35.9 Å². The van der Waals surface area contributed by atoms with E-state index in [1.54, 1.807) is 18.2 Å². The molecule has 2 aromatic carbocycles. The Bertz CT molecular complexity index is 1410. The second-order valence-electron chi connectivity index (χ2n) is 9.74. The summed E-state index contributed by atoms with van der Waals surface area (Å²) >= 11 is 0. The number of fused-ring (bicyclic) bond motifs is 1. The Hall–Kier alpha value is -3.56. The van der Waals surface area contributed by atoms with Crippen LogP contribution in [0.3, 0.4) is 0 Å². The zero-order chi connectivity index (χ0) is 26.9. The van der Waals surface area contributed by atoms with Crippen molar-refractivity contribution in [3.05, 3.63) is 77.7 Å². The molecule has 1 N–H and O–H groups in total. The zero-order valence-corrected chi connectivity index (χ0v) is 21.6. The summed E-state index contributed by atoms with van der Waals surface area (Å²) in [4.78, 5) is 15.9. The number of aryl methyl sites for hydroxylation is 1. The van der Waals surface area contributed by atoms with Crippen LogP contribution < -0.4 is 5.32 Å². The molecule has 1 saturated heterocycles. The van der Waals surface area contributed by atoms with Gasteiger partial charge in [-0.25, -0.2) is 9.97 Å². The minimum absolute atomic E-state index is 0.0884. The van der Waals surface area contributed by atoms with Crippen molar-refractivity contribution >= 4 is 22.4 Å². The Morgan fingerprint density at radius 2 is 1.74 bits per heavy atom. The number of ether oxygens (including phenoxy) is 1. The number of alkyl halides is 3. The molecular weight excluding hydrogens is 491 g/mol. The molecule has 0 spiro atoms. The van der Waals surface area contributed by atoms with Crippen molar-refractivity contribution < 1.29 is 17.9 Å². The second-order valence-corrected chi connectivity index (χ2v) is 9.74. The number of morpholine rings is 1. The summed E-state index contributed by atoms with van der Waals surface area (Å²) < 4.78 is 47.0. The molecule has 5 rings (SSSR count). The number of hydrogen-bond acceptors (Lipinski definition) is 6. The van der Waals surface area contributed by atoms with E-state index in [0.717, 1.165) is 31.3 Å². The third-order valence-electron chi connectivity index (χ3n) is 6.61. The lowest BCUT2D eigenvalue weighted by Crippen LogP contribution is -2.45. The van der Waals surface area contributed by atoms with Crippen LogP contribution in [0.5, 0.6) is 0 Å². The lowest BCUT2D eigenvalue weighted by Gasteiger charge is -2.34. The highest BCUT2D eigenvalue weighted by Gasteiger charge is 2.34. The van der Waals surface area contributed by atoms with E-state index in [4.69, 9.17) is 14.7 Å². The van der Waals surface area contributed by atoms with Crippen molar-refractivity contribution in [1.29, 1.82) is 0 Å². The molecule has 9 heteroatoms. The Labute approximate surface area is 219 Å². The summed E-state index contributed by atoms with van der Waals surface area (Å²) in [7, 11) is 0. The van der Waals surface area contributed by atoms with E-state index in [-0.39, 0.29) is 17.9 Å². The third kappa shape index (κ3) is 5.79. The zero-order valence-electron chi connectivity index (χ0n) is 21.6. The number of rotatable bonds is 6. The van der Waals surface area contributed by atoms with Crippen LogP contribution in [0.4, 0.5) is 24.7 Å². The van der Waals surface area contributed by atoms with Gasteiger partial charge in [0.15, 0.2) is 0 Å². The van der Waals surface area contributed by atoms with Gasteiger partial charge >= 0.3 is 6.18 Å². The van der Waals surface area contributed by atoms with Gasteiger partial charge in [-0.05, 0) is 62.2 Å². The fraction of sp³-hybridized carbons (Fsp3) is 0.345. The number of benzene rings is 2. The number of anilines is 2. The molecule has 38 heavy (non-hydrogen) atoms. The molecule has 3 heterocycles. The molecule has 4 aromatic rings. The van der Waals surface area contributed by atoms with Gasteiger partial charge in [-0.2, -0.15) is 13.2 Å². The van der Waals surface area contributed by atoms with Gasteiger partial charge in [-0.15, -0.1) is 0 Å². The Morgan fingerprint density at radius 3 is 2.42 bits per heavy atom. The molecule has 0 saturated carbocycles. The molecule has 1 aliphatic heterocycles. The van der Waals surface area contributed by atoms with Gasteiger partial charge < -0.3 is 10.1 Å².